The number of hydrogen-bond donors (Lipinski definition) is 1. The lowest BCUT2D eigenvalue weighted by molar-refractivity contribution is -0.142. The molecule has 0 heterocycles. The smallest absolute Gasteiger partial charge is 0.322 e. The van der Waals surface area contributed by atoms with Crippen LogP contribution in [0.25, 0.3) is 10.4 Å². The van der Waals surface area contributed by atoms with Crippen LogP contribution in [0.5, 0.6) is 5.75 Å². The first kappa shape index (κ1) is 18.8. The van der Waals surface area contributed by atoms with Crippen LogP contribution in [0.4, 0.5) is 0 Å². The largest absolute Gasteiger partial charge is 0.494 e. The lowest BCUT2D eigenvalue weighted by Gasteiger charge is -2.16. The van der Waals surface area contributed by atoms with E-state index in [-0.39, 0.29) is 0 Å². The van der Waals surface area contributed by atoms with Crippen molar-refractivity contribution in [1.82, 2.24) is 0 Å². The maximum absolute atomic E-state index is 11.5. The molecule has 0 saturated carbocycles. The molecule has 0 aliphatic carbocycles. The second kappa shape index (κ2) is 9.71. The van der Waals surface area contributed by atoms with Gasteiger partial charge >= 0.3 is 5.97 Å². The molecule has 0 aromatic heterocycles. The molecule has 1 rings (SSSR count). The number of unbranched alkanes of at least 4 members (excludes halogenated alkanes) is 1. The number of nitrogens with zero attached hydrogens (tertiary/aromatic N) is 3. The Morgan fingerprint density at radius 2 is 2.00 bits per heavy atom. The highest BCUT2D eigenvalue weighted by atomic mass is 16.5. The van der Waals surface area contributed by atoms with Gasteiger partial charge in [-0.1, -0.05) is 5.11 Å². The topological polar surface area (TPSA) is 110 Å². The summed E-state index contributed by atoms with van der Waals surface area (Å²) in [6, 6.07) is 3.23. The zero-order chi connectivity index (χ0) is 17.2. The van der Waals surface area contributed by atoms with Gasteiger partial charge in [0, 0.05) is 11.5 Å². The maximum atomic E-state index is 11.5. The van der Waals surface area contributed by atoms with Gasteiger partial charge in [-0.25, -0.2) is 0 Å². The quantitative estimate of drug-likeness (QED) is 0.248. The SMILES string of the molecule is COC(=O)[C@@H](N)Cc1c(C)cc(OCCCCN=[N+]=[N-])cc1C. The number of aryl methyl sites for hydroxylation is 2. The second-order valence-electron chi connectivity index (χ2n) is 5.38. The van der Waals surface area contributed by atoms with E-state index in [0.717, 1.165) is 35.3 Å². The molecule has 1 atom stereocenters. The first-order valence-corrected chi connectivity index (χ1v) is 7.56. The first-order valence-electron chi connectivity index (χ1n) is 7.56. The molecule has 0 bridgehead atoms. The van der Waals surface area contributed by atoms with Crippen LogP contribution in [0.1, 0.15) is 29.5 Å². The van der Waals surface area contributed by atoms with Crippen LogP contribution < -0.4 is 10.5 Å². The minimum Gasteiger partial charge on any atom is -0.494 e. The van der Waals surface area contributed by atoms with Crippen molar-refractivity contribution < 1.29 is 14.3 Å². The normalized spacial score (nSPS) is 11.5. The molecule has 1 aromatic carbocycles. The summed E-state index contributed by atoms with van der Waals surface area (Å²) in [4.78, 5) is 14.2. The van der Waals surface area contributed by atoms with Crippen LogP contribution in [0, 0.1) is 13.8 Å². The van der Waals surface area contributed by atoms with Crippen LogP contribution in [-0.4, -0.2) is 32.3 Å². The van der Waals surface area contributed by atoms with Crippen LogP contribution in [-0.2, 0) is 16.0 Å². The van der Waals surface area contributed by atoms with Gasteiger partial charge in [-0.3, -0.25) is 4.79 Å². The Bertz CT molecular complexity index is 560. The number of esters is 1. The van der Waals surface area contributed by atoms with E-state index in [4.69, 9.17) is 16.0 Å². The number of carbonyl (C=O) groups is 1. The fourth-order valence-corrected chi connectivity index (χ4v) is 2.33. The van der Waals surface area contributed by atoms with E-state index < -0.39 is 12.0 Å². The molecule has 1 aromatic rings. The predicted octanol–water partition coefficient (Wildman–Crippen LogP) is 2.82. The summed E-state index contributed by atoms with van der Waals surface area (Å²) >= 11 is 0. The monoisotopic (exact) mass is 320 g/mol. The summed E-state index contributed by atoms with van der Waals surface area (Å²) in [6.45, 7) is 5.00. The minimum absolute atomic E-state index is 0.413. The van der Waals surface area contributed by atoms with E-state index in [1.165, 1.54) is 7.11 Å². The van der Waals surface area contributed by atoms with Crippen molar-refractivity contribution in [3.8, 4) is 5.75 Å². The number of benzene rings is 1. The van der Waals surface area contributed by atoms with Crippen LogP contribution in [0.2, 0.25) is 0 Å². The molecule has 0 saturated heterocycles. The summed E-state index contributed by atoms with van der Waals surface area (Å²) in [7, 11) is 1.33. The van der Waals surface area contributed by atoms with Gasteiger partial charge in [-0.2, -0.15) is 0 Å². The van der Waals surface area contributed by atoms with Crippen LogP contribution in [0.15, 0.2) is 17.2 Å². The third-order valence-corrected chi connectivity index (χ3v) is 3.58. The highest BCUT2D eigenvalue weighted by Gasteiger charge is 2.17. The third-order valence-electron chi connectivity index (χ3n) is 3.58. The van der Waals surface area contributed by atoms with E-state index in [1.807, 2.05) is 26.0 Å². The summed E-state index contributed by atoms with van der Waals surface area (Å²) < 4.78 is 10.4. The average molecular weight is 320 g/mol. The van der Waals surface area contributed by atoms with E-state index in [9.17, 15) is 4.79 Å². The lowest BCUT2D eigenvalue weighted by atomic mass is 9.96. The molecule has 0 fully saturated rings. The summed E-state index contributed by atoms with van der Waals surface area (Å²) in [6.07, 6.45) is 2.07. The number of ether oxygens (including phenoxy) is 2. The minimum atomic E-state index is -0.662. The molecule has 2 N–H and O–H groups in total. The van der Waals surface area contributed by atoms with Crippen molar-refractivity contribution in [3.63, 3.8) is 0 Å². The van der Waals surface area contributed by atoms with Crippen molar-refractivity contribution in [3.05, 3.63) is 39.3 Å². The predicted molar refractivity (Wildman–Crippen MR) is 88.4 cm³/mol. The number of hydrogen-bond acceptors (Lipinski definition) is 5. The van der Waals surface area contributed by atoms with Gasteiger partial charge < -0.3 is 15.2 Å². The molecular weight excluding hydrogens is 296 g/mol. The van der Waals surface area contributed by atoms with E-state index in [0.29, 0.717) is 19.6 Å². The summed E-state index contributed by atoms with van der Waals surface area (Å²) in [5, 5.41) is 3.48. The molecule has 0 amide bonds. The summed E-state index contributed by atoms with van der Waals surface area (Å²) in [5.74, 6) is 0.378. The standard InChI is InChI=1S/C16H24N4O3/c1-11-8-13(23-7-5-4-6-19-20-18)9-12(2)14(11)10-15(17)16(21)22-3/h8-9,15H,4-7,10,17H2,1-3H3/t15-/m0/s1. The van der Waals surface area contributed by atoms with Crippen LogP contribution >= 0.6 is 0 Å². The van der Waals surface area contributed by atoms with Crippen molar-refractivity contribution in [2.45, 2.75) is 39.2 Å². The van der Waals surface area contributed by atoms with Gasteiger partial charge in [0.25, 0.3) is 0 Å². The Morgan fingerprint density at radius 1 is 1.35 bits per heavy atom. The Labute approximate surface area is 136 Å². The summed E-state index contributed by atoms with van der Waals surface area (Å²) in [5.41, 5.74) is 17.1. The van der Waals surface area contributed by atoms with Gasteiger partial charge in [0.1, 0.15) is 11.8 Å². The van der Waals surface area contributed by atoms with Gasteiger partial charge in [-0.05, 0) is 67.5 Å². The highest BCUT2D eigenvalue weighted by Crippen LogP contribution is 2.23. The lowest BCUT2D eigenvalue weighted by Crippen LogP contribution is -2.34. The molecule has 7 nitrogen and oxygen atoms in total. The van der Waals surface area contributed by atoms with E-state index in [1.54, 1.807) is 0 Å². The second-order valence-corrected chi connectivity index (χ2v) is 5.38. The zero-order valence-corrected chi connectivity index (χ0v) is 13.9. The third kappa shape index (κ3) is 6.18. The van der Waals surface area contributed by atoms with Gasteiger partial charge in [-0.15, -0.1) is 0 Å². The number of rotatable bonds is 9. The molecule has 7 heteroatoms. The fourth-order valence-electron chi connectivity index (χ4n) is 2.33. The van der Waals surface area contributed by atoms with E-state index >= 15 is 0 Å². The molecule has 0 spiro atoms. The zero-order valence-electron chi connectivity index (χ0n) is 13.9. The first-order chi connectivity index (χ1) is 11.0. The van der Waals surface area contributed by atoms with Crippen LogP contribution in [0.3, 0.4) is 0 Å². The molecule has 0 aliphatic rings. The number of methoxy groups -OCH3 is 1. The van der Waals surface area contributed by atoms with E-state index in [2.05, 4.69) is 14.8 Å². The van der Waals surface area contributed by atoms with Gasteiger partial charge in [0.2, 0.25) is 0 Å². The molecule has 0 aliphatic heterocycles. The van der Waals surface area contributed by atoms with Gasteiger partial charge in [0.05, 0.1) is 13.7 Å². The number of azide groups is 1. The van der Waals surface area contributed by atoms with Crippen molar-refractivity contribution in [2.75, 3.05) is 20.3 Å². The van der Waals surface area contributed by atoms with Gasteiger partial charge in [0.15, 0.2) is 0 Å². The Morgan fingerprint density at radius 3 is 2.57 bits per heavy atom. The Balaban J connectivity index is 2.62. The molecular formula is C16H24N4O3. The number of carbonyl (C=O) groups excluding carboxylic acids is 1. The molecule has 0 unspecified atom stereocenters. The fraction of sp³-hybridized carbons (Fsp3) is 0.562. The van der Waals surface area contributed by atoms with Crippen molar-refractivity contribution >= 4 is 5.97 Å². The van der Waals surface area contributed by atoms with Crippen molar-refractivity contribution in [2.24, 2.45) is 10.8 Å². The Hall–Kier alpha value is -2.24. The average Bonchev–Trinajstić information content (AvgIpc) is 2.53. The molecule has 23 heavy (non-hydrogen) atoms. The highest BCUT2D eigenvalue weighted by molar-refractivity contribution is 5.75. The molecule has 0 radical (unpaired) electrons. The Kier molecular flexibility index (Phi) is 7.94. The number of nitrogens with two attached hydrogens (primary N) is 1. The van der Waals surface area contributed by atoms with Crippen molar-refractivity contribution in [1.29, 1.82) is 0 Å². The maximum Gasteiger partial charge on any atom is 0.322 e. The molecule has 126 valence electrons.